The van der Waals surface area contributed by atoms with Crippen LogP contribution in [0.2, 0.25) is 0 Å². The number of aromatic nitrogens is 2. The maximum Gasteiger partial charge on any atom is 0.405 e. The maximum atomic E-state index is 10.9. The molecule has 0 radical (unpaired) electrons. The van der Waals surface area contributed by atoms with Crippen LogP contribution < -0.4 is 5.32 Å². The molecule has 6 heteroatoms. The number of amides is 1. The van der Waals surface area contributed by atoms with Crippen molar-refractivity contribution in [1.29, 1.82) is 0 Å². The van der Waals surface area contributed by atoms with Crippen LogP contribution in [-0.2, 0) is 6.54 Å². The van der Waals surface area contributed by atoms with E-state index in [-0.39, 0.29) is 12.0 Å². The molecule has 1 amide bonds. The lowest BCUT2D eigenvalue weighted by Gasteiger charge is -2.18. The van der Waals surface area contributed by atoms with Crippen molar-refractivity contribution < 1.29 is 9.90 Å². The van der Waals surface area contributed by atoms with E-state index >= 15 is 0 Å². The fourth-order valence-corrected chi connectivity index (χ4v) is 2.83. The van der Waals surface area contributed by atoms with Crippen molar-refractivity contribution in [2.45, 2.75) is 32.9 Å². The molecule has 20 heavy (non-hydrogen) atoms. The molecule has 2 rings (SSSR count). The molecule has 1 fully saturated rings. The first-order valence-electron chi connectivity index (χ1n) is 7.15. The highest BCUT2D eigenvalue weighted by molar-refractivity contribution is 5.65. The number of likely N-dealkylation sites (tertiary alicyclic amines) is 1. The van der Waals surface area contributed by atoms with Crippen LogP contribution in [0.3, 0.4) is 0 Å². The molecular formula is C14H24N4O2. The number of nitrogens with one attached hydrogen (secondary N) is 1. The molecule has 0 bridgehead atoms. The van der Waals surface area contributed by atoms with E-state index in [2.05, 4.69) is 26.8 Å². The molecule has 0 spiro atoms. The minimum atomic E-state index is -1.00. The highest BCUT2D eigenvalue weighted by Gasteiger charge is 2.22. The molecule has 2 atom stereocenters. The average molecular weight is 280 g/mol. The first-order chi connectivity index (χ1) is 9.45. The van der Waals surface area contributed by atoms with Crippen LogP contribution in [0.5, 0.6) is 0 Å². The van der Waals surface area contributed by atoms with E-state index in [0.29, 0.717) is 5.92 Å². The molecule has 1 aromatic heterocycles. The molecule has 0 unspecified atom stereocenters. The van der Waals surface area contributed by atoms with Crippen LogP contribution in [0.4, 0.5) is 4.79 Å². The van der Waals surface area contributed by atoms with E-state index in [1.54, 1.807) is 0 Å². The van der Waals surface area contributed by atoms with E-state index in [1.807, 2.05) is 26.4 Å². The van der Waals surface area contributed by atoms with Crippen molar-refractivity contribution in [3.8, 4) is 0 Å². The van der Waals surface area contributed by atoms with Gasteiger partial charge in [-0.2, -0.15) is 0 Å². The number of nitrogens with zero attached hydrogens (tertiary/aromatic N) is 3. The number of rotatable bonds is 5. The van der Waals surface area contributed by atoms with E-state index in [4.69, 9.17) is 5.11 Å². The number of imidazole rings is 1. The fraction of sp³-hybridized carbons (Fsp3) is 0.714. The molecule has 6 nitrogen and oxygen atoms in total. The predicted molar refractivity (Wildman–Crippen MR) is 76.6 cm³/mol. The number of hydrogen-bond acceptors (Lipinski definition) is 3. The Balaban J connectivity index is 2.01. The minimum Gasteiger partial charge on any atom is -0.465 e. The zero-order chi connectivity index (χ0) is 14.7. The first-order valence-corrected chi connectivity index (χ1v) is 7.15. The Morgan fingerprint density at radius 2 is 2.35 bits per heavy atom. The van der Waals surface area contributed by atoms with Crippen molar-refractivity contribution in [2.75, 3.05) is 20.1 Å². The Kier molecular flexibility index (Phi) is 4.65. The monoisotopic (exact) mass is 280 g/mol. The van der Waals surface area contributed by atoms with Gasteiger partial charge in [-0.15, -0.1) is 0 Å². The molecule has 1 saturated heterocycles. The molecule has 0 aromatic carbocycles. The van der Waals surface area contributed by atoms with Gasteiger partial charge in [-0.25, -0.2) is 9.78 Å². The van der Waals surface area contributed by atoms with Crippen LogP contribution in [0, 0.1) is 11.8 Å². The molecule has 1 aliphatic rings. The van der Waals surface area contributed by atoms with Crippen LogP contribution >= 0.6 is 0 Å². The fourth-order valence-electron chi connectivity index (χ4n) is 2.83. The van der Waals surface area contributed by atoms with E-state index in [1.165, 1.54) is 6.42 Å². The quantitative estimate of drug-likeness (QED) is 0.863. The summed E-state index contributed by atoms with van der Waals surface area (Å²) in [6, 6.07) is -0.250. The van der Waals surface area contributed by atoms with Gasteiger partial charge in [-0.05, 0) is 31.8 Å². The van der Waals surface area contributed by atoms with Gasteiger partial charge in [0.1, 0.15) is 0 Å². The Morgan fingerprint density at radius 3 is 2.90 bits per heavy atom. The third kappa shape index (κ3) is 3.72. The van der Waals surface area contributed by atoms with Gasteiger partial charge in [0.2, 0.25) is 0 Å². The molecule has 1 aliphatic heterocycles. The third-order valence-corrected chi connectivity index (χ3v) is 3.88. The normalized spacial score (nSPS) is 21.3. The summed E-state index contributed by atoms with van der Waals surface area (Å²) >= 11 is 0. The van der Waals surface area contributed by atoms with Crippen LogP contribution in [0.25, 0.3) is 0 Å². The van der Waals surface area contributed by atoms with Crippen LogP contribution in [0.1, 0.15) is 32.0 Å². The smallest absolute Gasteiger partial charge is 0.405 e. The van der Waals surface area contributed by atoms with Crippen molar-refractivity contribution in [2.24, 2.45) is 11.8 Å². The highest BCUT2D eigenvalue weighted by atomic mass is 16.4. The predicted octanol–water partition coefficient (Wildman–Crippen LogP) is 1.80. The molecule has 0 aliphatic carbocycles. The summed E-state index contributed by atoms with van der Waals surface area (Å²) in [7, 11) is 2.14. The van der Waals surface area contributed by atoms with Crippen LogP contribution in [0.15, 0.2) is 12.5 Å². The highest BCUT2D eigenvalue weighted by Crippen LogP contribution is 2.21. The second-order valence-electron chi connectivity index (χ2n) is 6.08. The van der Waals surface area contributed by atoms with Gasteiger partial charge >= 0.3 is 6.09 Å². The maximum absolute atomic E-state index is 10.9. The zero-order valence-corrected chi connectivity index (χ0v) is 12.4. The van der Waals surface area contributed by atoms with Crippen molar-refractivity contribution in [3.63, 3.8) is 0 Å². The lowest BCUT2D eigenvalue weighted by molar-refractivity contribution is 0.185. The third-order valence-electron chi connectivity index (χ3n) is 3.88. The van der Waals surface area contributed by atoms with Gasteiger partial charge in [0.15, 0.2) is 0 Å². The molecule has 2 N–H and O–H groups in total. The minimum absolute atomic E-state index is 0.173. The Bertz CT molecular complexity index is 458. The lowest BCUT2D eigenvalue weighted by Crippen LogP contribution is -2.30. The van der Waals surface area contributed by atoms with Crippen molar-refractivity contribution >= 4 is 6.09 Å². The Morgan fingerprint density at radius 1 is 1.60 bits per heavy atom. The summed E-state index contributed by atoms with van der Waals surface area (Å²) in [5.41, 5.74) is 0.800. The van der Waals surface area contributed by atoms with Gasteiger partial charge in [0.25, 0.3) is 0 Å². The van der Waals surface area contributed by atoms with Crippen molar-refractivity contribution in [1.82, 2.24) is 19.8 Å². The zero-order valence-electron chi connectivity index (χ0n) is 12.4. The van der Waals surface area contributed by atoms with Gasteiger partial charge in [-0.1, -0.05) is 13.8 Å². The second kappa shape index (κ2) is 6.26. The summed E-state index contributed by atoms with van der Waals surface area (Å²) in [6.07, 6.45) is 3.99. The summed E-state index contributed by atoms with van der Waals surface area (Å²) in [4.78, 5) is 17.6. The number of hydrogen-bond donors (Lipinski definition) is 2. The summed E-state index contributed by atoms with van der Waals surface area (Å²) in [5.74, 6) is 0.832. The molecular weight excluding hydrogens is 256 g/mol. The summed E-state index contributed by atoms with van der Waals surface area (Å²) in [5, 5.41) is 11.5. The van der Waals surface area contributed by atoms with Crippen LogP contribution in [-0.4, -0.2) is 45.8 Å². The van der Waals surface area contributed by atoms with E-state index < -0.39 is 6.09 Å². The SMILES string of the molecule is CC(C)[C@@H](NC(=O)O)c1cn(C[C@H]2CCN(C)C2)cn1. The molecule has 2 heterocycles. The Hall–Kier alpha value is -1.56. The summed E-state index contributed by atoms with van der Waals surface area (Å²) in [6.45, 7) is 7.21. The number of carbonyl (C=O) groups is 1. The van der Waals surface area contributed by atoms with Gasteiger partial charge in [0.05, 0.1) is 18.1 Å². The second-order valence-corrected chi connectivity index (χ2v) is 6.08. The molecule has 1 aromatic rings. The van der Waals surface area contributed by atoms with E-state index in [0.717, 1.165) is 25.3 Å². The van der Waals surface area contributed by atoms with Crippen molar-refractivity contribution in [3.05, 3.63) is 18.2 Å². The molecule has 112 valence electrons. The van der Waals surface area contributed by atoms with E-state index in [9.17, 15) is 4.79 Å². The number of carboxylic acid groups (broad SMARTS) is 1. The average Bonchev–Trinajstić information content (AvgIpc) is 2.96. The van der Waals surface area contributed by atoms with Gasteiger partial charge < -0.3 is 19.9 Å². The van der Waals surface area contributed by atoms with Gasteiger partial charge in [0, 0.05) is 19.3 Å². The topological polar surface area (TPSA) is 70.4 Å². The lowest BCUT2D eigenvalue weighted by atomic mass is 10.0. The Labute approximate surface area is 119 Å². The first kappa shape index (κ1) is 14.8. The largest absolute Gasteiger partial charge is 0.465 e. The molecule has 0 saturated carbocycles. The van der Waals surface area contributed by atoms with Gasteiger partial charge in [-0.3, -0.25) is 0 Å². The standard InChI is InChI=1S/C14H24N4O2/c1-10(2)13(16-14(19)20)12-8-18(9-15-12)7-11-4-5-17(3)6-11/h8-11,13,16H,4-7H2,1-3H3,(H,19,20)/t11-,13+/m0/s1. The summed E-state index contributed by atoms with van der Waals surface area (Å²) < 4.78 is 2.08.